The summed E-state index contributed by atoms with van der Waals surface area (Å²) in [5.41, 5.74) is 4.87. The molecule has 0 spiro atoms. The highest BCUT2D eigenvalue weighted by atomic mass is 16.4. The Morgan fingerprint density at radius 1 is 1.12 bits per heavy atom. The average Bonchev–Trinajstić information content (AvgIpc) is 3.01. The molecule has 1 fully saturated rings. The zero-order valence-electron chi connectivity index (χ0n) is 15.0. The van der Waals surface area contributed by atoms with Crippen molar-refractivity contribution in [3.8, 4) is 0 Å². The van der Waals surface area contributed by atoms with Crippen LogP contribution in [0.4, 0.5) is 5.95 Å². The number of pyridine rings is 1. The van der Waals surface area contributed by atoms with Gasteiger partial charge in [-0.15, -0.1) is 0 Å². The van der Waals surface area contributed by atoms with E-state index < -0.39 is 5.97 Å². The number of anilines is 1. The van der Waals surface area contributed by atoms with Crippen LogP contribution >= 0.6 is 0 Å². The Labute approximate surface area is 148 Å². The summed E-state index contributed by atoms with van der Waals surface area (Å²) < 4.78 is 0. The van der Waals surface area contributed by atoms with E-state index in [0.717, 1.165) is 53.7 Å². The fourth-order valence-corrected chi connectivity index (χ4v) is 3.48. The monoisotopic (exact) mass is 340 g/mol. The number of carbonyl (C=O) groups is 1. The minimum atomic E-state index is -0.776. The van der Waals surface area contributed by atoms with Crippen LogP contribution in [-0.2, 0) is 11.2 Å². The molecule has 1 saturated heterocycles. The fourth-order valence-electron chi connectivity index (χ4n) is 3.48. The van der Waals surface area contributed by atoms with Gasteiger partial charge in [0, 0.05) is 30.0 Å². The number of carboxylic acids is 1. The predicted octanol–water partition coefficient (Wildman–Crippen LogP) is 3.16. The maximum absolute atomic E-state index is 10.9. The molecule has 0 unspecified atom stereocenters. The Bertz CT molecular complexity index is 771. The molecular weight excluding hydrogens is 316 g/mol. The van der Waals surface area contributed by atoms with Crippen molar-refractivity contribution in [3.63, 3.8) is 0 Å². The van der Waals surface area contributed by atoms with E-state index in [1.165, 1.54) is 0 Å². The summed E-state index contributed by atoms with van der Waals surface area (Å²) in [6.07, 6.45) is 2.74. The van der Waals surface area contributed by atoms with E-state index in [4.69, 9.17) is 10.1 Å². The fraction of sp³-hybridized carbons (Fsp3) is 0.474. The molecule has 0 radical (unpaired) electrons. The van der Waals surface area contributed by atoms with Crippen LogP contribution in [0.5, 0.6) is 0 Å². The lowest BCUT2D eigenvalue weighted by Gasteiger charge is -2.25. The van der Waals surface area contributed by atoms with Gasteiger partial charge < -0.3 is 10.0 Å². The highest BCUT2D eigenvalue weighted by molar-refractivity contribution is 5.67. The number of hydrogen-bond acceptors (Lipinski definition) is 5. The topological polar surface area (TPSA) is 79.2 Å². The van der Waals surface area contributed by atoms with Crippen LogP contribution in [0.15, 0.2) is 18.2 Å². The molecule has 2 aromatic rings. The molecule has 3 heterocycles. The number of nitrogens with zero attached hydrogens (tertiary/aromatic N) is 4. The second-order valence-electron chi connectivity index (χ2n) is 6.74. The Hall–Kier alpha value is -2.50. The van der Waals surface area contributed by atoms with Crippen molar-refractivity contribution >= 4 is 11.9 Å². The molecule has 0 aromatic carbocycles. The van der Waals surface area contributed by atoms with Crippen molar-refractivity contribution < 1.29 is 9.90 Å². The zero-order chi connectivity index (χ0) is 18.0. The molecule has 1 atom stereocenters. The van der Waals surface area contributed by atoms with Crippen molar-refractivity contribution in [2.75, 3.05) is 11.4 Å². The smallest absolute Gasteiger partial charge is 0.303 e. The van der Waals surface area contributed by atoms with Gasteiger partial charge in [0.05, 0.1) is 11.7 Å². The quantitative estimate of drug-likeness (QED) is 0.901. The number of aryl methyl sites for hydroxylation is 4. The number of hydrogen-bond donors (Lipinski definition) is 1. The highest BCUT2D eigenvalue weighted by Crippen LogP contribution is 2.34. The van der Waals surface area contributed by atoms with Crippen molar-refractivity contribution in [2.24, 2.45) is 0 Å². The molecule has 132 valence electrons. The molecule has 0 saturated carbocycles. The van der Waals surface area contributed by atoms with E-state index in [0.29, 0.717) is 6.42 Å². The van der Waals surface area contributed by atoms with Gasteiger partial charge in [0.15, 0.2) is 0 Å². The molecular formula is C19H24N4O2. The second kappa shape index (κ2) is 7.17. The van der Waals surface area contributed by atoms with E-state index in [-0.39, 0.29) is 12.5 Å². The minimum Gasteiger partial charge on any atom is -0.481 e. The average molecular weight is 340 g/mol. The lowest BCUT2D eigenvalue weighted by atomic mass is 10.0. The number of rotatable bonds is 5. The zero-order valence-corrected chi connectivity index (χ0v) is 15.0. The standard InChI is InChI=1S/C19H24N4O2/c1-12-9-13(2)22-19(21-12)23-8-4-5-17(23)16-11-15(6-7-18(24)25)10-14(3)20-16/h9-11,17H,4-8H2,1-3H3,(H,24,25)/t17-/m0/s1. The third-order valence-corrected chi connectivity index (χ3v) is 4.48. The summed E-state index contributed by atoms with van der Waals surface area (Å²) in [4.78, 5) is 27.0. The van der Waals surface area contributed by atoms with Crippen molar-refractivity contribution in [3.05, 3.63) is 46.5 Å². The van der Waals surface area contributed by atoms with E-state index in [2.05, 4.69) is 14.9 Å². The molecule has 2 aromatic heterocycles. The van der Waals surface area contributed by atoms with Crippen LogP contribution in [0.2, 0.25) is 0 Å². The molecule has 0 amide bonds. The molecule has 1 aliphatic heterocycles. The first-order chi connectivity index (χ1) is 11.9. The first kappa shape index (κ1) is 17.3. The Kier molecular flexibility index (Phi) is 4.97. The second-order valence-corrected chi connectivity index (χ2v) is 6.74. The molecule has 1 aliphatic rings. The van der Waals surface area contributed by atoms with Gasteiger partial charge in [0.2, 0.25) is 5.95 Å². The highest BCUT2D eigenvalue weighted by Gasteiger charge is 2.29. The van der Waals surface area contributed by atoms with Crippen LogP contribution in [0, 0.1) is 20.8 Å². The predicted molar refractivity (Wildman–Crippen MR) is 95.8 cm³/mol. The molecule has 3 rings (SSSR count). The first-order valence-corrected chi connectivity index (χ1v) is 8.70. The van der Waals surface area contributed by atoms with E-state index in [9.17, 15) is 4.79 Å². The maximum atomic E-state index is 10.9. The Balaban J connectivity index is 1.90. The Morgan fingerprint density at radius 3 is 2.48 bits per heavy atom. The summed E-state index contributed by atoms with van der Waals surface area (Å²) in [5, 5.41) is 8.93. The van der Waals surface area contributed by atoms with Crippen LogP contribution in [-0.4, -0.2) is 32.6 Å². The first-order valence-electron chi connectivity index (χ1n) is 8.70. The van der Waals surface area contributed by atoms with Crippen molar-refractivity contribution in [2.45, 2.75) is 52.5 Å². The third kappa shape index (κ3) is 4.13. The van der Waals surface area contributed by atoms with Gasteiger partial charge in [-0.3, -0.25) is 9.78 Å². The van der Waals surface area contributed by atoms with E-state index >= 15 is 0 Å². The normalized spacial score (nSPS) is 17.1. The summed E-state index contributed by atoms with van der Waals surface area (Å²) in [6.45, 7) is 6.84. The number of aliphatic carboxylic acids is 1. The summed E-state index contributed by atoms with van der Waals surface area (Å²) >= 11 is 0. The van der Waals surface area contributed by atoms with E-state index in [1.807, 2.05) is 39.0 Å². The molecule has 1 N–H and O–H groups in total. The minimum absolute atomic E-state index is 0.136. The largest absolute Gasteiger partial charge is 0.481 e. The SMILES string of the molecule is Cc1cc(CCC(=O)O)cc([C@@H]2CCCN2c2nc(C)cc(C)n2)n1. The lowest BCUT2D eigenvalue weighted by Crippen LogP contribution is -2.26. The third-order valence-electron chi connectivity index (χ3n) is 4.48. The van der Waals surface area contributed by atoms with Gasteiger partial charge in [0.25, 0.3) is 0 Å². The van der Waals surface area contributed by atoms with Gasteiger partial charge in [-0.05, 0) is 63.8 Å². The summed E-state index contributed by atoms with van der Waals surface area (Å²) in [7, 11) is 0. The molecule has 25 heavy (non-hydrogen) atoms. The summed E-state index contributed by atoms with van der Waals surface area (Å²) in [5.74, 6) is -0.0162. The van der Waals surface area contributed by atoms with Crippen LogP contribution in [0.1, 0.15) is 53.6 Å². The van der Waals surface area contributed by atoms with Gasteiger partial charge in [-0.25, -0.2) is 9.97 Å². The number of carboxylic acid groups (broad SMARTS) is 1. The van der Waals surface area contributed by atoms with Crippen molar-refractivity contribution in [1.82, 2.24) is 15.0 Å². The molecule has 0 bridgehead atoms. The molecule has 6 heteroatoms. The van der Waals surface area contributed by atoms with Gasteiger partial charge in [-0.2, -0.15) is 0 Å². The van der Waals surface area contributed by atoms with Gasteiger partial charge in [0.1, 0.15) is 0 Å². The van der Waals surface area contributed by atoms with Crippen LogP contribution in [0.3, 0.4) is 0 Å². The van der Waals surface area contributed by atoms with Crippen LogP contribution < -0.4 is 4.90 Å². The Morgan fingerprint density at radius 2 is 1.80 bits per heavy atom. The van der Waals surface area contributed by atoms with Gasteiger partial charge in [-0.1, -0.05) is 0 Å². The van der Waals surface area contributed by atoms with Gasteiger partial charge >= 0.3 is 5.97 Å². The molecule has 6 nitrogen and oxygen atoms in total. The maximum Gasteiger partial charge on any atom is 0.303 e. The summed E-state index contributed by atoms with van der Waals surface area (Å²) in [6, 6.07) is 6.13. The van der Waals surface area contributed by atoms with E-state index in [1.54, 1.807) is 0 Å². The van der Waals surface area contributed by atoms with Crippen molar-refractivity contribution in [1.29, 1.82) is 0 Å². The van der Waals surface area contributed by atoms with Crippen LogP contribution in [0.25, 0.3) is 0 Å². The number of aromatic nitrogens is 3. The lowest BCUT2D eigenvalue weighted by molar-refractivity contribution is -0.136. The molecule has 0 aliphatic carbocycles.